The molecule has 1 atom stereocenters. The number of anilines is 1. The molecule has 0 saturated carbocycles. The van der Waals surface area contributed by atoms with E-state index in [9.17, 15) is 15.0 Å². The summed E-state index contributed by atoms with van der Waals surface area (Å²) in [7, 11) is 0. The first-order valence-electron chi connectivity index (χ1n) is 7.72. The molecule has 3 N–H and O–H groups in total. The minimum Gasteiger partial charge on any atom is -0.508 e. The van der Waals surface area contributed by atoms with Crippen LogP contribution < -0.4 is 4.90 Å². The number of benzene rings is 1. The summed E-state index contributed by atoms with van der Waals surface area (Å²) >= 11 is 0. The molecule has 1 unspecified atom stereocenters. The van der Waals surface area contributed by atoms with Crippen LogP contribution in [-0.2, 0) is 11.4 Å². The monoisotopic (exact) mass is 307 g/mol. The third-order valence-corrected chi connectivity index (χ3v) is 4.53. The van der Waals surface area contributed by atoms with Gasteiger partial charge in [0.1, 0.15) is 5.75 Å². The Bertz CT molecular complexity index is 568. The number of aliphatic hydroxyl groups excluding tert-OH is 1. The average molecular weight is 307 g/mol. The first-order chi connectivity index (χ1) is 10.3. The predicted molar refractivity (Wildman–Crippen MR) is 85.4 cm³/mol. The number of hydrogen-bond donors (Lipinski definition) is 3. The van der Waals surface area contributed by atoms with Crippen LogP contribution in [0.5, 0.6) is 5.75 Å². The van der Waals surface area contributed by atoms with Crippen LogP contribution in [0.2, 0.25) is 0 Å². The molecule has 1 heterocycles. The van der Waals surface area contributed by atoms with Gasteiger partial charge in [-0.3, -0.25) is 4.79 Å². The van der Waals surface area contributed by atoms with Gasteiger partial charge in [-0.05, 0) is 44.2 Å². The Morgan fingerprint density at radius 1 is 1.41 bits per heavy atom. The van der Waals surface area contributed by atoms with E-state index in [1.807, 2.05) is 6.07 Å². The zero-order chi connectivity index (χ0) is 16.5. The molecule has 1 aromatic carbocycles. The lowest BCUT2D eigenvalue weighted by molar-refractivity contribution is -0.137. The van der Waals surface area contributed by atoms with Crippen LogP contribution in [0.15, 0.2) is 12.1 Å². The second-order valence-corrected chi connectivity index (χ2v) is 6.76. The zero-order valence-corrected chi connectivity index (χ0v) is 13.5. The summed E-state index contributed by atoms with van der Waals surface area (Å²) < 4.78 is 0. The lowest BCUT2D eigenvalue weighted by Gasteiger charge is -2.48. The molecule has 0 radical (unpaired) electrons. The second kappa shape index (κ2) is 6.16. The maximum absolute atomic E-state index is 10.8. The van der Waals surface area contributed by atoms with Crippen molar-refractivity contribution in [2.75, 3.05) is 11.4 Å². The summed E-state index contributed by atoms with van der Waals surface area (Å²) in [5.74, 6) is -0.372. The smallest absolute Gasteiger partial charge is 0.303 e. The Balaban J connectivity index is 2.38. The van der Waals surface area contributed by atoms with Gasteiger partial charge in [0.2, 0.25) is 0 Å². The molecule has 0 amide bonds. The van der Waals surface area contributed by atoms with Gasteiger partial charge in [0.05, 0.1) is 6.61 Å². The van der Waals surface area contributed by atoms with E-state index in [0.717, 1.165) is 17.7 Å². The van der Waals surface area contributed by atoms with E-state index in [1.54, 1.807) is 6.07 Å². The van der Waals surface area contributed by atoms with Crippen LogP contribution in [0.25, 0.3) is 0 Å². The number of carbonyl (C=O) groups is 1. The topological polar surface area (TPSA) is 81.0 Å². The fourth-order valence-corrected chi connectivity index (χ4v) is 3.50. The lowest BCUT2D eigenvalue weighted by Crippen LogP contribution is -2.48. The molecule has 0 spiro atoms. The van der Waals surface area contributed by atoms with Crippen LogP contribution in [0, 0.1) is 0 Å². The Labute approximate surface area is 131 Å². The maximum atomic E-state index is 10.8. The van der Waals surface area contributed by atoms with E-state index in [4.69, 9.17) is 5.11 Å². The molecule has 1 aliphatic rings. The van der Waals surface area contributed by atoms with Crippen molar-refractivity contribution in [3.05, 3.63) is 23.3 Å². The van der Waals surface area contributed by atoms with Crippen LogP contribution >= 0.6 is 0 Å². The number of hydrogen-bond acceptors (Lipinski definition) is 4. The van der Waals surface area contributed by atoms with Crippen molar-refractivity contribution in [3.63, 3.8) is 0 Å². The van der Waals surface area contributed by atoms with Crippen LogP contribution in [0.3, 0.4) is 0 Å². The SMILES string of the molecule is CC1CC(C)(C)N(CCCC(=O)O)c2cc(O)c(CO)cc21. The van der Waals surface area contributed by atoms with Crippen LogP contribution in [-0.4, -0.2) is 33.4 Å². The quantitative estimate of drug-likeness (QED) is 0.779. The minimum atomic E-state index is -0.790. The summed E-state index contributed by atoms with van der Waals surface area (Å²) in [4.78, 5) is 12.9. The van der Waals surface area contributed by atoms with Crippen molar-refractivity contribution in [2.24, 2.45) is 0 Å². The summed E-state index contributed by atoms with van der Waals surface area (Å²) in [6.45, 7) is 6.88. The van der Waals surface area contributed by atoms with E-state index in [0.29, 0.717) is 24.4 Å². The standard InChI is InChI=1S/C17H25NO4/c1-11-9-17(2,3)18(6-4-5-16(21)22)14-8-15(20)12(10-19)7-13(11)14/h7-8,11,19-20H,4-6,9-10H2,1-3H3,(H,21,22). The number of aliphatic carboxylic acids is 1. The number of rotatable bonds is 5. The molecule has 1 aromatic rings. The Morgan fingerprint density at radius 3 is 2.68 bits per heavy atom. The Kier molecular flexibility index (Phi) is 4.66. The van der Waals surface area contributed by atoms with Gasteiger partial charge >= 0.3 is 5.97 Å². The molecule has 0 saturated heterocycles. The van der Waals surface area contributed by atoms with E-state index < -0.39 is 5.97 Å². The van der Waals surface area contributed by atoms with Gasteiger partial charge in [0, 0.05) is 35.8 Å². The third-order valence-electron chi connectivity index (χ3n) is 4.53. The van der Waals surface area contributed by atoms with Gasteiger partial charge in [-0.25, -0.2) is 0 Å². The highest BCUT2D eigenvalue weighted by Crippen LogP contribution is 2.45. The number of fused-ring (bicyclic) bond motifs is 1. The van der Waals surface area contributed by atoms with Gasteiger partial charge < -0.3 is 20.2 Å². The predicted octanol–water partition coefficient (Wildman–Crippen LogP) is 2.84. The molecule has 0 fully saturated rings. The fraction of sp³-hybridized carbons (Fsp3) is 0.588. The molecule has 2 rings (SSSR count). The normalized spacial score (nSPS) is 19.8. The minimum absolute atomic E-state index is 0.0920. The Hall–Kier alpha value is -1.75. The number of carboxylic acids is 1. The first-order valence-corrected chi connectivity index (χ1v) is 7.72. The van der Waals surface area contributed by atoms with Crippen molar-refractivity contribution in [3.8, 4) is 5.75 Å². The molecule has 122 valence electrons. The number of aliphatic hydroxyl groups is 1. The van der Waals surface area contributed by atoms with Gasteiger partial charge in [0.15, 0.2) is 0 Å². The van der Waals surface area contributed by atoms with Gasteiger partial charge in [0.25, 0.3) is 0 Å². The molecule has 22 heavy (non-hydrogen) atoms. The van der Waals surface area contributed by atoms with Crippen molar-refractivity contribution >= 4 is 11.7 Å². The second-order valence-electron chi connectivity index (χ2n) is 6.76. The first kappa shape index (κ1) is 16.6. The lowest BCUT2D eigenvalue weighted by atomic mass is 9.79. The zero-order valence-electron chi connectivity index (χ0n) is 13.5. The highest BCUT2D eigenvalue weighted by atomic mass is 16.4. The molecular weight excluding hydrogens is 282 g/mol. The largest absolute Gasteiger partial charge is 0.508 e. The highest BCUT2D eigenvalue weighted by Gasteiger charge is 2.36. The third kappa shape index (κ3) is 3.19. The van der Waals surface area contributed by atoms with E-state index in [-0.39, 0.29) is 24.3 Å². The molecule has 0 aliphatic carbocycles. The van der Waals surface area contributed by atoms with Crippen molar-refractivity contribution in [2.45, 2.75) is 58.1 Å². The van der Waals surface area contributed by atoms with E-state index in [2.05, 4.69) is 25.7 Å². The van der Waals surface area contributed by atoms with E-state index >= 15 is 0 Å². The highest BCUT2D eigenvalue weighted by molar-refractivity contribution is 5.67. The van der Waals surface area contributed by atoms with Crippen LogP contribution in [0.1, 0.15) is 57.1 Å². The molecule has 0 bridgehead atoms. The molecule has 1 aliphatic heterocycles. The van der Waals surface area contributed by atoms with Crippen molar-refractivity contribution in [1.82, 2.24) is 0 Å². The number of carboxylic acid groups (broad SMARTS) is 1. The summed E-state index contributed by atoms with van der Waals surface area (Å²) in [5.41, 5.74) is 2.49. The van der Waals surface area contributed by atoms with E-state index in [1.165, 1.54) is 0 Å². The van der Waals surface area contributed by atoms with Gasteiger partial charge in [-0.2, -0.15) is 0 Å². The molecule has 5 heteroatoms. The molecular formula is C17H25NO4. The summed E-state index contributed by atoms with van der Waals surface area (Å²) in [5, 5.41) is 28.2. The average Bonchev–Trinajstić information content (AvgIpc) is 2.41. The maximum Gasteiger partial charge on any atom is 0.303 e. The van der Waals surface area contributed by atoms with Crippen molar-refractivity contribution in [1.29, 1.82) is 0 Å². The fourth-order valence-electron chi connectivity index (χ4n) is 3.50. The Morgan fingerprint density at radius 2 is 2.09 bits per heavy atom. The van der Waals surface area contributed by atoms with Gasteiger partial charge in [-0.1, -0.05) is 6.92 Å². The number of phenols is 1. The van der Waals surface area contributed by atoms with Crippen molar-refractivity contribution < 1.29 is 20.1 Å². The summed E-state index contributed by atoms with van der Waals surface area (Å²) in [6, 6.07) is 3.58. The number of aromatic hydroxyl groups is 1. The van der Waals surface area contributed by atoms with Crippen LogP contribution in [0.4, 0.5) is 5.69 Å². The van der Waals surface area contributed by atoms with Gasteiger partial charge in [-0.15, -0.1) is 0 Å². The summed E-state index contributed by atoms with van der Waals surface area (Å²) in [6.07, 6.45) is 1.65. The number of nitrogens with zero attached hydrogens (tertiary/aromatic N) is 1. The molecule has 5 nitrogen and oxygen atoms in total. The molecule has 0 aromatic heterocycles.